The minimum atomic E-state index is -1.94. The molecule has 7 rings (SSSR count). The number of aromatic nitrogens is 5. The highest BCUT2D eigenvalue weighted by Crippen LogP contribution is 2.43. The minimum absolute atomic E-state index is 0.190. The highest BCUT2D eigenvalue weighted by Gasteiger charge is 2.44. The van der Waals surface area contributed by atoms with Crippen LogP contribution in [0.3, 0.4) is 0 Å². The molecule has 10 nitrogen and oxygen atoms in total. The third-order valence-electron chi connectivity index (χ3n) is 11.9. The first-order chi connectivity index (χ1) is 28.6. The van der Waals surface area contributed by atoms with Gasteiger partial charge in [0, 0.05) is 34.3 Å². The number of fused-ring (bicyclic) bond motifs is 2. The molecule has 3 aromatic heterocycles. The van der Waals surface area contributed by atoms with Crippen molar-refractivity contribution in [2.45, 2.75) is 121 Å². The lowest BCUT2D eigenvalue weighted by molar-refractivity contribution is 0.171. The number of ether oxygens (including phenoxy) is 1. The summed E-state index contributed by atoms with van der Waals surface area (Å²) < 4.78 is 17.5. The molecular weight excluding hydrogens is 783 g/mol. The van der Waals surface area contributed by atoms with Crippen LogP contribution in [0.5, 0.6) is 5.75 Å². The monoisotopic (exact) mass is 843 g/mol. The second kappa shape index (κ2) is 18.0. The molecule has 2 N–H and O–H groups in total. The van der Waals surface area contributed by atoms with Crippen LogP contribution in [0.15, 0.2) is 102 Å². The van der Waals surface area contributed by atoms with Crippen molar-refractivity contribution >= 4 is 37.6 Å². The number of benzene rings is 3. The number of carbonyl (C=O) groups is 1. The number of urea groups is 1. The molecule has 1 aliphatic carbocycles. The standard InChI is InChI=1S/C48H61N7O3SSi/c1-31(2)60(32(3)4,33(5)6)57-27-28-59-42-18-14-13-17-39(42)46-52-51-44-26-23-36(30-54(44)46)58-41-25-24-40(37-15-11-12-16-38(37)41)49-47(56)50-45-29-43(48(8,9)10)53-55(45)35-21-19-34(7)20-22-35/h11-23,26,29-33,40-41H,24-25,27-28H2,1-10H3,(H2,49,50,56). The number of nitrogens with one attached hydrogen (secondary N) is 2. The number of rotatable bonds is 14. The molecule has 6 aromatic rings. The predicted octanol–water partition coefficient (Wildman–Crippen LogP) is 12.2. The molecule has 0 saturated carbocycles. The Morgan fingerprint density at radius 3 is 2.25 bits per heavy atom. The molecule has 1 aliphatic rings. The van der Waals surface area contributed by atoms with Crippen molar-refractivity contribution in [3.8, 4) is 22.8 Å². The quantitative estimate of drug-likeness (QED) is 0.0639. The van der Waals surface area contributed by atoms with Gasteiger partial charge in [-0.3, -0.25) is 9.72 Å². The first-order valence-electron chi connectivity index (χ1n) is 21.4. The molecule has 0 aliphatic heterocycles. The van der Waals surface area contributed by atoms with Gasteiger partial charge in [-0.25, -0.2) is 9.48 Å². The van der Waals surface area contributed by atoms with Crippen molar-refractivity contribution in [3.63, 3.8) is 0 Å². The maximum atomic E-state index is 13.7. The van der Waals surface area contributed by atoms with Gasteiger partial charge >= 0.3 is 6.03 Å². The molecule has 0 spiro atoms. The first-order valence-corrected chi connectivity index (χ1v) is 24.5. The van der Waals surface area contributed by atoms with Gasteiger partial charge in [0.25, 0.3) is 0 Å². The van der Waals surface area contributed by atoms with E-state index in [2.05, 4.69) is 126 Å². The van der Waals surface area contributed by atoms with E-state index in [4.69, 9.17) is 14.3 Å². The number of anilines is 1. The summed E-state index contributed by atoms with van der Waals surface area (Å²) in [6.07, 6.45) is 3.23. The summed E-state index contributed by atoms with van der Waals surface area (Å²) in [5.74, 6) is 2.97. The van der Waals surface area contributed by atoms with E-state index in [1.807, 2.05) is 81.6 Å². The lowest BCUT2D eigenvalue weighted by Crippen LogP contribution is -2.48. The van der Waals surface area contributed by atoms with Crippen LogP contribution in [0.2, 0.25) is 16.6 Å². The number of thioether (sulfide) groups is 1. The molecule has 316 valence electrons. The van der Waals surface area contributed by atoms with Gasteiger partial charge in [0.2, 0.25) is 0 Å². The zero-order valence-corrected chi connectivity index (χ0v) is 38.6. The second-order valence-electron chi connectivity index (χ2n) is 18.0. The van der Waals surface area contributed by atoms with Crippen molar-refractivity contribution in [2.24, 2.45) is 0 Å². The Morgan fingerprint density at radius 1 is 0.867 bits per heavy atom. The Bertz CT molecular complexity index is 2400. The van der Waals surface area contributed by atoms with Gasteiger partial charge in [-0.05, 0) is 77.8 Å². The van der Waals surface area contributed by atoms with Crippen molar-refractivity contribution in [2.75, 3.05) is 17.7 Å². The Kier molecular flexibility index (Phi) is 12.9. The minimum Gasteiger partial charge on any atom is -0.484 e. The second-order valence-corrected chi connectivity index (χ2v) is 24.6. The van der Waals surface area contributed by atoms with E-state index in [0.29, 0.717) is 28.9 Å². The topological polar surface area (TPSA) is 108 Å². The van der Waals surface area contributed by atoms with E-state index in [1.165, 1.54) is 0 Å². The molecule has 3 heterocycles. The lowest BCUT2D eigenvalue weighted by Gasteiger charge is -2.42. The van der Waals surface area contributed by atoms with Gasteiger partial charge in [-0.1, -0.05) is 122 Å². The predicted molar refractivity (Wildman–Crippen MR) is 247 cm³/mol. The van der Waals surface area contributed by atoms with Crippen LogP contribution in [-0.4, -0.2) is 51.1 Å². The third kappa shape index (κ3) is 9.06. The molecule has 0 radical (unpaired) electrons. The Labute approximate surface area is 361 Å². The molecule has 0 fully saturated rings. The van der Waals surface area contributed by atoms with Crippen LogP contribution in [0.25, 0.3) is 22.7 Å². The van der Waals surface area contributed by atoms with Crippen LogP contribution in [0, 0.1) is 6.92 Å². The van der Waals surface area contributed by atoms with Crippen molar-refractivity contribution in [1.82, 2.24) is 29.7 Å². The zero-order chi connectivity index (χ0) is 42.8. The summed E-state index contributed by atoms with van der Waals surface area (Å²) in [6, 6.07) is 30.2. The number of hydrogen-bond donors (Lipinski definition) is 2. The van der Waals surface area contributed by atoms with Crippen molar-refractivity contribution in [3.05, 3.63) is 120 Å². The molecule has 0 saturated heterocycles. The fraction of sp³-hybridized carbons (Fsp3) is 0.417. The number of carbonyl (C=O) groups excluding carboxylic acids is 1. The summed E-state index contributed by atoms with van der Waals surface area (Å²) in [5.41, 5.74) is 8.28. The van der Waals surface area contributed by atoms with E-state index < -0.39 is 8.32 Å². The van der Waals surface area contributed by atoms with Gasteiger partial charge in [0.15, 0.2) is 19.8 Å². The average Bonchev–Trinajstić information content (AvgIpc) is 3.83. The van der Waals surface area contributed by atoms with Gasteiger partial charge < -0.3 is 14.5 Å². The smallest absolute Gasteiger partial charge is 0.320 e. The molecule has 2 amide bonds. The number of hydrogen-bond acceptors (Lipinski definition) is 7. The molecular formula is C48H61N7O3SSi. The summed E-state index contributed by atoms with van der Waals surface area (Å²) >= 11 is 1.81. The molecule has 2 unspecified atom stereocenters. The van der Waals surface area contributed by atoms with Crippen LogP contribution in [0.1, 0.15) is 110 Å². The number of amides is 2. The van der Waals surface area contributed by atoms with Crippen molar-refractivity contribution < 1.29 is 14.0 Å². The van der Waals surface area contributed by atoms with E-state index in [1.54, 1.807) is 0 Å². The molecule has 0 bridgehead atoms. The molecule has 60 heavy (non-hydrogen) atoms. The summed E-state index contributed by atoms with van der Waals surface area (Å²) in [4.78, 5) is 14.8. The lowest BCUT2D eigenvalue weighted by atomic mass is 9.85. The largest absolute Gasteiger partial charge is 0.484 e. The fourth-order valence-electron chi connectivity index (χ4n) is 8.99. The normalized spacial score (nSPS) is 15.8. The first kappa shape index (κ1) is 43.2. The molecule has 2 atom stereocenters. The average molecular weight is 844 g/mol. The van der Waals surface area contributed by atoms with Gasteiger partial charge in [-0.2, -0.15) is 5.10 Å². The van der Waals surface area contributed by atoms with Gasteiger partial charge in [0.05, 0.1) is 23.6 Å². The van der Waals surface area contributed by atoms with E-state index in [-0.39, 0.29) is 23.6 Å². The highest BCUT2D eigenvalue weighted by molar-refractivity contribution is 7.99. The third-order valence-corrected chi connectivity index (χ3v) is 19.1. The summed E-state index contributed by atoms with van der Waals surface area (Å²) in [7, 11) is -1.94. The highest BCUT2D eigenvalue weighted by atomic mass is 32.2. The summed E-state index contributed by atoms with van der Waals surface area (Å²) in [6.45, 7) is 23.1. The fourth-order valence-corrected chi connectivity index (χ4v) is 15.5. The number of nitrogens with zero attached hydrogens (tertiary/aromatic N) is 5. The number of aryl methyl sites for hydroxylation is 1. The van der Waals surface area contributed by atoms with Gasteiger partial charge in [-0.15, -0.1) is 22.0 Å². The van der Waals surface area contributed by atoms with Crippen LogP contribution >= 0.6 is 11.8 Å². The van der Waals surface area contributed by atoms with Gasteiger partial charge in [0.1, 0.15) is 17.7 Å². The van der Waals surface area contributed by atoms with E-state index in [9.17, 15) is 4.79 Å². The summed E-state index contributed by atoms with van der Waals surface area (Å²) in [5, 5.41) is 20.5. The molecule has 12 heteroatoms. The maximum absolute atomic E-state index is 13.7. The Morgan fingerprint density at radius 2 is 1.55 bits per heavy atom. The zero-order valence-electron chi connectivity index (χ0n) is 36.8. The Balaban J connectivity index is 1.05. The SMILES string of the molecule is Cc1ccc(-n2nc(C(C)(C)C)cc2NC(=O)NC2CCC(Oc3ccc4nnc(-c5ccccc5SCCO[Si](C(C)C)(C(C)C)C(C)C)n4c3)c3ccccc32)cc1. The van der Waals surface area contributed by atoms with E-state index in [0.717, 1.165) is 74.5 Å². The number of pyridine rings is 1. The maximum Gasteiger partial charge on any atom is 0.320 e. The van der Waals surface area contributed by atoms with Crippen LogP contribution in [-0.2, 0) is 9.84 Å². The molecule has 3 aromatic carbocycles. The van der Waals surface area contributed by atoms with Crippen molar-refractivity contribution in [1.29, 1.82) is 0 Å². The van der Waals surface area contributed by atoms with Crippen LogP contribution in [0.4, 0.5) is 10.6 Å². The Hall–Kier alpha value is -4.91. The van der Waals surface area contributed by atoms with E-state index >= 15 is 0 Å². The van der Waals surface area contributed by atoms with Crippen LogP contribution < -0.4 is 15.4 Å².